The molecule has 2 nitrogen and oxygen atoms in total. The van der Waals surface area contributed by atoms with E-state index in [9.17, 15) is 0 Å². The molecule has 23 heavy (non-hydrogen) atoms. The predicted molar refractivity (Wildman–Crippen MR) is 134 cm³/mol. The molecule has 0 bridgehead atoms. The lowest BCUT2D eigenvalue weighted by Crippen LogP contribution is -2.06. The second kappa shape index (κ2) is 11.4. The zero-order valence-corrected chi connectivity index (χ0v) is 21.2. The average Bonchev–Trinajstić information content (AvgIpc) is 2.43. The normalized spacial score (nSPS) is 10.6. The summed E-state index contributed by atoms with van der Waals surface area (Å²) in [6.07, 6.45) is 1.07. The minimum Gasteiger partial charge on any atom is -0.412 e. The summed E-state index contributed by atoms with van der Waals surface area (Å²) in [7, 11) is 0. The molecule has 0 atom stereocenters. The van der Waals surface area contributed by atoms with Crippen molar-refractivity contribution in [1.82, 2.24) is 0 Å². The molecule has 0 radical (unpaired) electrons. The molecule has 0 saturated heterocycles. The Bertz CT molecular complexity index is 635. The van der Waals surface area contributed by atoms with Crippen molar-refractivity contribution in [2.45, 2.75) is 42.9 Å². The molecule has 130 valence electrons. The third-order valence-corrected chi connectivity index (χ3v) is 4.76. The first-order valence-electron chi connectivity index (χ1n) is 6.90. The van der Waals surface area contributed by atoms with Crippen molar-refractivity contribution < 1.29 is 5.48 Å². The molecule has 0 amide bonds. The molecule has 3 rings (SSSR count). The van der Waals surface area contributed by atoms with E-state index in [0.717, 1.165) is 6.42 Å². The standard InChI is InChI=1S/C17H19NS.3HI.H2O/c1-4-12-7-5-9-14-16(12)18-17-13(11(2)3)8-6-10-15(17)19-14;;;;/h5-11,18H,4H2,1-3H3;3*1H;1H2. The monoisotopic (exact) mass is 671 g/mol. The largest absolute Gasteiger partial charge is 0.412 e. The highest BCUT2D eigenvalue weighted by Crippen LogP contribution is 2.47. The Labute approximate surface area is 194 Å². The van der Waals surface area contributed by atoms with Crippen molar-refractivity contribution in [3.63, 3.8) is 0 Å². The van der Waals surface area contributed by atoms with Gasteiger partial charge in [0.15, 0.2) is 0 Å². The van der Waals surface area contributed by atoms with Crippen molar-refractivity contribution >= 4 is 95.1 Å². The number of hydrogen-bond donors (Lipinski definition) is 1. The summed E-state index contributed by atoms with van der Waals surface area (Å²) in [5, 5.41) is 3.69. The van der Waals surface area contributed by atoms with Gasteiger partial charge in [-0.2, -0.15) is 0 Å². The van der Waals surface area contributed by atoms with Gasteiger partial charge < -0.3 is 10.8 Å². The van der Waals surface area contributed by atoms with Crippen LogP contribution >= 0.6 is 83.7 Å². The van der Waals surface area contributed by atoms with Crippen LogP contribution in [0.15, 0.2) is 46.2 Å². The molecule has 6 heteroatoms. The summed E-state index contributed by atoms with van der Waals surface area (Å²) in [6.45, 7) is 6.72. The van der Waals surface area contributed by atoms with E-state index in [4.69, 9.17) is 0 Å². The Morgan fingerprint density at radius 1 is 0.913 bits per heavy atom. The summed E-state index contributed by atoms with van der Waals surface area (Å²) in [5.74, 6) is 0.540. The minimum absolute atomic E-state index is 0. The van der Waals surface area contributed by atoms with Gasteiger partial charge in [0.05, 0.1) is 11.4 Å². The maximum absolute atomic E-state index is 3.69. The number of halogens is 3. The molecule has 0 saturated carbocycles. The number of para-hydroxylation sites is 2. The quantitative estimate of drug-likeness (QED) is 0.312. The van der Waals surface area contributed by atoms with Crippen LogP contribution in [0, 0.1) is 0 Å². The molecule has 0 aromatic heterocycles. The van der Waals surface area contributed by atoms with E-state index in [2.05, 4.69) is 62.5 Å². The number of nitrogens with one attached hydrogen (secondary N) is 1. The summed E-state index contributed by atoms with van der Waals surface area (Å²) in [5.41, 5.74) is 5.40. The molecule has 2 aromatic carbocycles. The van der Waals surface area contributed by atoms with E-state index < -0.39 is 0 Å². The first-order chi connectivity index (χ1) is 9.20. The topological polar surface area (TPSA) is 43.5 Å². The first-order valence-corrected chi connectivity index (χ1v) is 7.72. The molecule has 2 aromatic rings. The highest BCUT2D eigenvalue weighted by atomic mass is 127. The van der Waals surface area contributed by atoms with E-state index in [-0.39, 0.29) is 77.4 Å². The molecule has 0 aliphatic carbocycles. The second-order valence-corrected chi connectivity index (χ2v) is 6.33. The Hall–Kier alpha value is 0.740. The van der Waals surface area contributed by atoms with E-state index in [1.54, 1.807) is 0 Å². The summed E-state index contributed by atoms with van der Waals surface area (Å²) in [6, 6.07) is 13.2. The number of rotatable bonds is 2. The molecule has 1 aliphatic heterocycles. The summed E-state index contributed by atoms with van der Waals surface area (Å²) < 4.78 is 0. The highest BCUT2D eigenvalue weighted by molar-refractivity contribution is 14.0. The molecule has 0 spiro atoms. The fourth-order valence-electron chi connectivity index (χ4n) is 2.59. The number of fused-ring (bicyclic) bond motifs is 2. The zero-order chi connectivity index (χ0) is 13.4. The smallest absolute Gasteiger partial charge is 0.0561 e. The number of hydrogen-bond acceptors (Lipinski definition) is 2. The van der Waals surface area contributed by atoms with Crippen LogP contribution < -0.4 is 5.32 Å². The highest BCUT2D eigenvalue weighted by Gasteiger charge is 2.20. The van der Waals surface area contributed by atoms with E-state index in [0.29, 0.717) is 5.92 Å². The van der Waals surface area contributed by atoms with Crippen molar-refractivity contribution in [2.75, 3.05) is 5.32 Å². The maximum Gasteiger partial charge on any atom is 0.0561 e. The van der Waals surface area contributed by atoms with Crippen molar-refractivity contribution in [3.8, 4) is 0 Å². The number of benzene rings is 2. The van der Waals surface area contributed by atoms with Crippen LogP contribution in [0.2, 0.25) is 0 Å². The summed E-state index contributed by atoms with van der Waals surface area (Å²) >= 11 is 1.88. The van der Waals surface area contributed by atoms with Crippen LogP contribution in [-0.4, -0.2) is 5.48 Å². The van der Waals surface area contributed by atoms with Gasteiger partial charge in [-0.1, -0.05) is 56.8 Å². The molecule has 0 unspecified atom stereocenters. The Balaban J connectivity index is 0. The third kappa shape index (κ3) is 5.35. The Morgan fingerprint density at radius 3 is 2.04 bits per heavy atom. The van der Waals surface area contributed by atoms with Gasteiger partial charge in [0.1, 0.15) is 0 Å². The zero-order valence-electron chi connectivity index (χ0n) is 13.4. The van der Waals surface area contributed by atoms with Gasteiger partial charge in [0.25, 0.3) is 0 Å². The maximum atomic E-state index is 3.69. The SMILES string of the molecule is CCc1cccc2c1Nc1c(cccc1C(C)C)S2.I.I.I.O. The predicted octanol–water partition coefficient (Wildman–Crippen LogP) is 6.61. The van der Waals surface area contributed by atoms with Crippen molar-refractivity contribution in [2.24, 2.45) is 0 Å². The van der Waals surface area contributed by atoms with Gasteiger partial charge in [-0.15, -0.1) is 71.9 Å². The Morgan fingerprint density at radius 2 is 1.48 bits per heavy atom. The molecular formula is C17H24I3NOS. The molecule has 1 aliphatic rings. The van der Waals surface area contributed by atoms with E-state index in [1.165, 1.54) is 32.3 Å². The minimum atomic E-state index is 0. The lowest BCUT2D eigenvalue weighted by Gasteiger charge is -2.26. The Kier molecular flexibility index (Phi) is 12.8. The van der Waals surface area contributed by atoms with Crippen molar-refractivity contribution in [1.29, 1.82) is 0 Å². The van der Waals surface area contributed by atoms with Crippen LogP contribution in [0.5, 0.6) is 0 Å². The molecule has 1 heterocycles. The van der Waals surface area contributed by atoms with Gasteiger partial charge in [0.2, 0.25) is 0 Å². The summed E-state index contributed by atoms with van der Waals surface area (Å²) in [4.78, 5) is 2.68. The first kappa shape index (κ1) is 26.0. The van der Waals surface area contributed by atoms with Crippen LogP contribution in [0.1, 0.15) is 37.8 Å². The van der Waals surface area contributed by atoms with Crippen LogP contribution in [0.25, 0.3) is 0 Å². The molecular weight excluding hydrogens is 647 g/mol. The van der Waals surface area contributed by atoms with Gasteiger partial charge in [-0.3, -0.25) is 0 Å². The fourth-order valence-corrected chi connectivity index (χ4v) is 3.67. The molecule has 0 fully saturated rings. The van der Waals surface area contributed by atoms with Gasteiger partial charge in [-0.25, -0.2) is 0 Å². The average molecular weight is 671 g/mol. The van der Waals surface area contributed by atoms with Gasteiger partial charge in [-0.05, 0) is 35.6 Å². The third-order valence-electron chi connectivity index (χ3n) is 3.64. The fraction of sp³-hybridized carbons (Fsp3) is 0.294. The van der Waals surface area contributed by atoms with Gasteiger partial charge >= 0.3 is 0 Å². The lowest BCUT2D eigenvalue weighted by molar-refractivity contribution is 0.824. The second-order valence-electron chi connectivity index (χ2n) is 5.25. The van der Waals surface area contributed by atoms with Gasteiger partial charge in [0, 0.05) is 9.79 Å². The molecule has 3 N–H and O–H groups in total. The van der Waals surface area contributed by atoms with E-state index in [1.807, 2.05) is 11.8 Å². The van der Waals surface area contributed by atoms with Crippen LogP contribution in [0.4, 0.5) is 11.4 Å². The van der Waals surface area contributed by atoms with Crippen LogP contribution in [0.3, 0.4) is 0 Å². The van der Waals surface area contributed by atoms with E-state index >= 15 is 0 Å². The lowest BCUT2D eigenvalue weighted by atomic mass is 10.0. The van der Waals surface area contributed by atoms with Crippen LogP contribution in [-0.2, 0) is 6.42 Å². The van der Waals surface area contributed by atoms with Crippen molar-refractivity contribution in [3.05, 3.63) is 47.5 Å². The number of aryl methyl sites for hydroxylation is 1. The number of anilines is 2.